The summed E-state index contributed by atoms with van der Waals surface area (Å²) in [5.41, 5.74) is 1.07. The van der Waals surface area contributed by atoms with E-state index in [9.17, 15) is 19.6 Å². The number of benzene rings is 1. The number of piperidine rings is 1. The largest absolute Gasteiger partial charge is 0.444 e. The van der Waals surface area contributed by atoms with Gasteiger partial charge >= 0.3 is 6.09 Å². The van der Waals surface area contributed by atoms with E-state index >= 15 is 0 Å². The molecule has 3 aromatic rings. The van der Waals surface area contributed by atoms with Crippen LogP contribution in [0.25, 0.3) is 0 Å². The highest BCUT2D eigenvalue weighted by molar-refractivity contribution is 6.06. The zero-order chi connectivity index (χ0) is 31.1. The number of carbonyl (C=O) groups is 3. The number of allylic oxidation sites excluding steroid dienone is 1. The minimum atomic E-state index is -1.07. The van der Waals surface area contributed by atoms with E-state index in [2.05, 4.69) is 21.4 Å². The number of ketones is 1. The van der Waals surface area contributed by atoms with Crippen molar-refractivity contribution in [2.45, 2.75) is 50.8 Å². The van der Waals surface area contributed by atoms with Gasteiger partial charge in [-0.3, -0.25) is 24.5 Å². The van der Waals surface area contributed by atoms with Crippen LogP contribution in [0, 0.1) is 23.2 Å². The second-order valence-corrected chi connectivity index (χ2v) is 12.7. The molecular formula is C34H34N6O4. The molecule has 10 nitrogen and oxygen atoms in total. The van der Waals surface area contributed by atoms with Gasteiger partial charge in [-0.2, -0.15) is 5.26 Å². The van der Waals surface area contributed by atoms with Crippen LogP contribution in [0.1, 0.15) is 47.8 Å². The summed E-state index contributed by atoms with van der Waals surface area (Å²) in [6.45, 7) is 6.48. The van der Waals surface area contributed by atoms with Crippen LogP contribution in [0.5, 0.6) is 0 Å². The third-order valence-corrected chi connectivity index (χ3v) is 8.43. The van der Waals surface area contributed by atoms with Crippen molar-refractivity contribution in [1.82, 2.24) is 25.1 Å². The van der Waals surface area contributed by atoms with Gasteiger partial charge in [0, 0.05) is 80.2 Å². The molecule has 0 radical (unpaired) electrons. The number of likely N-dealkylation sites (tertiary alicyclic amines) is 1. The van der Waals surface area contributed by atoms with Crippen molar-refractivity contribution in [3.8, 4) is 6.07 Å². The van der Waals surface area contributed by atoms with Crippen LogP contribution in [0.15, 0.2) is 85.2 Å². The normalized spacial score (nSPS) is 22.7. The van der Waals surface area contributed by atoms with Crippen molar-refractivity contribution in [2.75, 3.05) is 13.1 Å². The topological polar surface area (TPSA) is 129 Å². The van der Waals surface area contributed by atoms with E-state index < -0.39 is 11.1 Å². The molecular weight excluding hydrogens is 556 g/mol. The number of amides is 2. The van der Waals surface area contributed by atoms with Crippen molar-refractivity contribution in [3.63, 3.8) is 0 Å². The number of fused-ring (bicyclic) bond motifs is 1. The van der Waals surface area contributed by atoms with E-state index in [-0.39, 0.29) is 35.7 Å². The molecule has 2 atom stereocenters. The Labute approximate surface area is 256 Å². The van der Waals surface area contributed by atoms with Gasteiger partial charge in [-0.25, -0.2) is 4.79 Å². The van der Waals surface area contributed by atoms with Gasteiger partial charge in [-0.05, 0) is 80.4 Å². The zero-order valence-electron chi connectivity index (χ0n) is 24.9. The molecule has 3 aliphatic rings. The van der Waals surface area contributed by atoms with E-state index in [1.54, 1.807) is 58.9 Å². The van der Waals surface area contributed by atoms with E-state index in [1.165, 1.54) is 6.08 Å². The summed E-state index contributed by atoms with van der Waals surface area (Å²) in [6.07, 6.45) is 8.69. The molecule has 3 fully saturated rings. The van der Waals surface area contributed by atoms with Crippen LogP contribution in [0.2, 0.25) is 0 Å². The standard InChI is InChI=1S/C34H34N6O4/c1-33(2,3)44-32(43)39-20-26-27(21-39)30(26)40-29(16-28(41)25-6-4-24(19-35)5-7-25)38-34(31(40)42,17-22-8-12-36-13-9-22)18-23-10-14-37-15-11-23/h4-16,26-27,30,38H,17-18,20-21H2,1-3H3. The first kappa shape index (κ1) is 29.1. The Kier molecular flexibility index (Phi) is 7.41. The highest BCUT2D eigenvalue weighted by Gasteiger charge is 2.65. The number of carbonyl (C=O) groups excluding carboxylic acids is 3. The summed E-state index contributed by atoms with van der Waals surface area (Å²) < 4.78 is 5.59. The molecule has 2 amide bonds. The Morgan fingerprint density at radius 1 is 0.977 bits per heavy atom. The number of rotatable bonds is 7. The van der Waals surface area contributed by atoms with E-state index in [4.69, 9.17) is 4.74 Å². The summed E-state index contributed by atoms with van der Waals surface area (Å²) in [5.74, 6) is 0.183. The Morgan fingerprint density at radius 2 is 1.52 bits per heavy atom. The fourth-order valence-corrected chi connectivity index (χ4v) is 6.37. The maximum atomic E-state index is 14.7. The quantitative estimate of drug-likeness (QED) is 0.324. The van der Waals surface area contributed by atoms with E-state index in [0.29, 0.717) is 42.9 Å². The first-order valence-corrected chi connectivity index (χ1v) is 14.7. The molecule has 2 aliphatic heterocycles. The minimum absolute atomic E-state index is 0.0688. The predicted octanol–water partition coefficient (Wildman–Crippen LogP) is 3.89. The van der Waals surface area contributed by atoms with E-state index in [0.717, 1.165) is 11.1 Å². The lowest BCUT2D eigenvalue weighted by Gasteiger charge is -2.29. The molecule has 0 bridgehead atoms. The van der Waals surface area contributed by atoms with Crippen molar-refractivity contribution >= 4 is 17.8 Å². The summed E-state index contributed by atoms with van der Waals surface area (Å²) in [6, 6.07) is 15.9. The molecule has 4 heterocycles. The SMILES string of the molecule is CC(C)(C)OC(=O)N1CC2C(C1)C2N1C(=O)C(Cc2ccncc2)(Cc2ccncc2)NC1=CC(=O)c1ccc(C#N)cc1. The second-order valence-electron chi connectivity index (χ2n) is 12.7. The first-order valence-electron chi connectivity index (χ1n) is 14.7. The number of nitriles is 1. The Morgan fingerprint density at radius 3 is 2.02 bits per heavy atom. The molecule has 1 aliphatic carbocycles. The van der Waals surface area contributed by atoms with Crippen LogP contribution >= 0.6 is 0 Å². The number of nitrogens with one attached hydrogen (secondary N) is 1. The monoisotopic (exact) mass is 590 g/mol. The van der Waals surface area contributed by atoms with Crippen LogP contribution in [-0.2, 0) is 22.4 Å². The van der Waals surface area contributed by atoms with Gasteiger partial charge in [-0.15, -0.1) is 0 Å². The lowest BCUT2D eigenvalue weighted by molar-refractivity contribution is -0.132. The van der Waals surface area contributed by atoms with Gasteiger partial charge in [0.1, 0.15) is 17.0 Å². The third kappa shape index (κ3) is 5.78. The fraction of sp³-hybridized carbons (Fsp3) is 0.353. The molecule has 2 saturated heterocycles. The molecule has 224 valence electrons. The van der Waals surface area contributed by atoms with Crippen LogP contribution < -0.4 is 5.32 Å². The Bertz CT molecular complexity index is 1590. The number of nitrogens with zero attached hydrogens (tertiary/aromatic N) is 5. The lowest BCUT2D eigenvalue weighted by atomic mass is 9.85. The summed E-state index contributed by atoms with van der Waals surface area (Å²) in [4.78, 5) is 52.7. The van der Waals surface area contributed by atoms with Crippen LogP contribution in [-0.4, -0.2) is 67.8 Å². The molecule has 44 heavy (non-hydrogen) atoms. The summed E-state index contributed by atoms with van der Waals surface area (Å²) in [5, 5.41) is 12.7. The maximum absolute atomic E-state index is 14.7. The van der Waals surface area contributed by atoms with Gasteiger partial charge in [0.2, 0.25) is 0 Å². The van der Waals surface area contributed by atoms with Gasteiger partial charge in [0.25, 0.3) is 5.91 Å². The van der Waals surface area contributed by atoms with Gasteiger partial charge < -0.3 is 15.0 Å². The number of aromatic nitrogens is 2. The number of ether oxygens (including phenoxy) is 1. The molecule has 2 aromatic heterocycles. The highest BCUT2D eigenvalue weighted by Crippen LogP contribution is 2.52. The molecule has 0 spiro atoms. The predicted molar refractivity (Wildman–Crippen MR) is 161 cm³/mol. The lowest BCUT2D eigenvalue weighted by Crippen LogP contribution is -2.51. The van der Waals surface area contributed by atoms with Gasteiger partial charge in [0.15, 0.2) is 5.78 Å². The molecule has 2 unspecified atom stereocenters. The zero-order valence-corrected chi connectivity index (χ0v) is 24.9. The first-order chi connectivity index (χ1) is 21.1. The van der Waals surface area contributed by atoms with E-state index in [1.807, 2.05) is 45.0 Å². The number of hydrogen-bond acceptors (Lipinski definition) is 8. The molecule has 1 N–H and O–H groups in total. The van der Waals surface area contributed by atoms with Crippen molar-refractivity contribution < 1.29 is 19.1 Å². The summed E-state index contributed by atoms with van der Waals surface area (Å²) in [7, 11) is 0. The molecule has 1 aromatic carbocycles. The molecule has 10 heteroatoms. The Hall–Kier alpha value is -5.04. The van der Waals surface area contributed by atoms with Crippen molar-refractivity contribution in [3.05, 3.63) is 107 Å². The maximum Gasteiger partial charge on any atom is 0.410 e. The highest BCUT2D eigenvalue weighted by atomic mass is 16.6. The van der Waals surface area contributed by atoms with Crippen LogP contribution in [0.4, 0.5) is 4.79 Å². The minimum Gasteiger partial charge on any atom is -0.444 e. The number of hydrogen-bond donors (Lipinski definition) is 1. The average Bonchev–Trinajstić information content (AvgIpc) is 3.33. The smallest absolute Gasteiger partial charge is 0.410 e. The third-order valence-electron chi connectivity index (χ3n) is 8.43. The van der Waals surface area contributed by atoms with Crippen LogP contribution in [0.3, 0.4) is 0 Å². The number of pyridine rings is 2. The van der Waals surface area contributed by atoms with Gasteiger partial charge in [-0.1, -0.05) is 0 Å². The van der Waals surface area contributed by atoms with Gasteiger partial charge in [0.05, 0.1) is 11.6 Å². The van der Waals surface area contributed by atoms with Crippen molar-refractivity contribution in [2.24, 2.45) is 11.8 Å². The molecule has 6 rings (SSSR count). The second kappa shape index (κ2) is 11.2. The Balaban J connectivity index is 1.34. The fourth-order valence-electron chi connectivity index (χ4n) is 6.37. The molecule has 1 saturated carbocycles. The summed E-state index contributed by atoms with van der Waals surface area (Å²) >= 11 is 0. The average molecular weight is 591 g/mol. The van der Waals surface area contributed by atoms with Crippen molar-refractivity contribution in [1.29, 1.82) is 5.26 Å².